The predicted molar refractivity (Wildman–Crippen MR) is 61.2 cm³/mol. The topological polar surface area (TPSA) is 30.0 Å². The highest BCUT2D eigenvalue weighted by molar-refractivity contribution is 6.06. The molecule has 0 bridgehead atoms. The molecule has 0 aliphatic rings. The molecule has 2 aromatic rings. The average molecular weight is 199 g/mol. The van der Waals surface area contributed by atoms with E-state index in [0.717, 1.165) is 16.6 Å². The minimum Gasteiger partial charge on any atom is -0.294 e. The minimum absolute atomic E-state index is 0.0677. The Hall–Kier alpha value is -1.70. The number of carbonyl (C=O) groups excluding carboxylic acids is 1. The van der Waals surface area contributed by atoms with E-state index in [0.29, 0.717) is 5.56 Å². The van der Waals surface area contributed by atoms with Gasteiger partial charge in [0.05, 0.1) is 5.52 Å². The van der Waals surface area contributed by atoms with Gasteiger partial charge in [-0.15, -0.1) is 0 Å². The zero-order chi connectivity index (χ0) is 11.0. The molecular formula is C13H13NO. The first-order chi connectivity index (χ1) is 7.09. The van der Waals surface area contributed by atoms with Gasteiger partial charge in [0, 0.05) is 16.6 Å². The van der Waals surface area contributed by atoms with Crippen molar-refractivity contribution in [3.05, 3.63) is 41.1 Å². The average Bonchev–Trinajstić information content (AvgIpc) is 2.16. The fourth-order valence-corrected chi connectivity index (χ4v) is 1.87. The molecule has 1 heterocycles. The quantitative estimate of drug-likeness (QED) is 0.661. The third-order valence-corrected chi connectivity index (χ3v) is 2.55. The number of aryl methyl sites for hydroxylation is 2. The van der Waals surface area contributed by atoms with Crippen LogP contribution >= 0.6 is 0 Å². The van der Waals surface area contributed by atoms with Crippen LogP contribution in [0.4, 0.5) is 0 Å². The van der Waals surface area contributed by atoms with Crippen LogP contribution in [0.2, 0.25) is 0 Å². The highest BCUT2D eigenvalue weighted by atomic mass is 16.1. The van der Waals surface area contributed by atoms with Gasteiger partial charge < -0.3 is 0 Å². The molecule has 15 heavy (non-hydrogen) atoms. The van der Waals surface area contributed by atoms with Crippen molar-refractivity contribution in [2.24, 2.45) is 0 Å². The first-order valence-electron chi connectivity index (χ1n) is 4.97. The SMILES string of the molecule is CC(=O)c1cccc2c(C)cc(C)nc12. The summed E-state index contributed by atoms with van der Waals surface area (Å²) in [4.78, 5) is 15.9. The standard InChI is InChI=1S/C13H13NO/c1-8-7-9(2)14-13-11(8)5-4-6-12(13)10(3)15/h4-7H,1-3H3. The number of hydrogen-bond acceptors (Lipinski definition) is 2. The van der Waals surface area contributed by atoms with E-state index in [1.165, 1.54) is 5.56 Å². The Balaban J connectivity index is 2.91. The smallest absolute Gasteiger partial charge is 0.161 e. The molecular weight excluding hydrogens is 186 g/mol. The largest absolute Gasteiger partial charge is 0.294 e. The van der Waals surface area contributed by atoms with E-state index in [4.69, 9.17) is 0 Å². The van der Waals surface area contributed by atoms with Gasteiger partial charge in [-0.3, -0.25) is 9.78 Å². The maximum absolute atomic E-state index is 11.4. The van der Waals surface area contributed by atoms with Crippen LogP contribution in [0, 0.1) is 13.8 Å². The van der Waals surface area contributed by atoms with Gasteiger partial charge in [-0.2, -0.15) is 0 Å². The highest BCUT2D eigenvalue weighted by Gasteiger charge is 2.08. The van der Waals surface area contributed by atoms with E-state index >= 15 is 0 Å². The third-order valence-electron chi connectivity index (χ3n) is 2.55. The van der Waals surface area contributed by atoms with Crippen molar-refractivity contribution in [3.8, 4) is 0 Å². The molecule has 0 unspecified atom stereocenters. The fraction of sp³-hybridized carbons (Fsp3) is 0.231. The molecule has 0 N–H and O–H groups in total. The van der Waals surface area contributed by atoms with Crippen molar-refractivity contribution in [3.63, 3.8) is 0 Å². The molecule has 2 rings (SSSR count). The van der Waals surface area contributed by atoms with E-state index in [9.17, 15) is 4.79 Å². The van der Waals surface area contributed by atoms with Crippen LogP contribution in [0.25, 0.3) is 10.9 Å². The molecule has 0 aliphatic heterocycles. The number of hydrogen-bond donors (Lipinski definition) is 0. The van der Waals surface area contributed by atoms with Gasteiger partial charge in [0.2, 0.25) is 0 Å². The first-order valence-corrected chi connectivity index (χ1v) is 4.97. The maximum atomic E-state index is 11.4. The van der Waals surface area contributed by atoms with Gasteiger partial charge >= 0.3 is 0 Å². The molecule has 0 spiro atoms. The van der Waals surface area contributed by atoms with Crippen molar-refractivity contribution in [1.29, 1.82) is 0 Å². The fourth-order valence-electron chi connectivity index (χ4n) is 1.87. The van der Waals surface area contributed by atoms with Gasteiger partial charge in [0.1, 0.15) is 0 Å². The van der Waals surface area contributed by atoms with Crippen molar-refractivity contribution in [2.45, 2.75) is 20.8 Å². The number of nitrogens with zero attached hydrogens (tertiary/aromatic N) is 1. The van der Waals surface area contributed by atoms with Gasteiger partial charge in [-0.1, -0.05) is 12.1 Å². The van der Waals surface area contributed by atoms with Crippen LogP contribution < -0.4 is 0 Å². The van der Waals surface area contributed by atoms with E-state index in [1.54, 1.807) is 6.92 Å². The lowest BCUT2D eigenvalue weighted by molar-refractivity contribution is 0.101. The Morgan fingerprint density at radius 2 is 2.00 bits per heavy atom. The number of ketones is 1. The molecule has 0 radical (unpaired) electrons. The van der Waals surface area contributed by atoms with Crippen molar-refractivity contribution < 1.29 is 4.79 Å². The second-order valence-electron chi connectivity index (χ2n) is 3.84. The van der Waals surface area contributed by atoms with E-state index in [-0.39, 0.29) is 5.78 Å². The van der Waals surface area contributed by atoms with E-state index in [2.05, 4.69) is 4.98 Å². The molecule has 2 heteroatoms. The second-order valence-corrected chi connectivity index (χ2v) is 3.84. The molecule has 1 aromatic carbocycles. The summed E-state index contributed by atoms with van der Waals surface area (Å²) >= 11 is 0. The Morgan fingerprint density at radius 1 is 1.27 bits per heavy atom. The zero-order valence-corrected chi connectivity index (χ0v) is 9.16. The number of pyridine rings is 1. The minimum atomic E-state index is 0.0677. The van der Waals surface area contributed by atoms with Crippen molar-refractivity contribution in [2.75, 3.05) is 0 Å². The summed E-state index contributed by atoms with van der Waals surface area (Å²) in [6.07, 6.45) is 0. The molecule has 0 amide bonds. The Morgan fingerprint density at radius 3 is 2.67 bits per heavy atom. The molecule has 0 saturated heterocycles. The van der Waals surface area contributed by atoms with Gasteiger partial charge in [-0.05, 0) is 38.5 Å². The number of carbonyl (C=O) groups is 1. The lowest BCUT2D eigenvalue weighted by atomic mass is 10.0. The summed E-state index contributed by atoms with van der Waals surface area (Å²) in [5.41, 5.74) is 3.65. The third kappa shape index (κ3) is 1.63. The number of para-hydroxylation sites is 1. The van der Waals surface area contributed by atoms with Crippen LogP contribution in [0.3, 0.4) is 0 Å². The molecule has 0 saturated carbocycles. The van der Waals surface area contributed by atoms with Gasteiger partial charge in [0.25, 0.3) is 0 Å². The second kappa shape index (κ2) is 3.46. The number of fused-ring (bicyclic) bond motifs is 1. The number of benzene rings is 1. The predicted octanol–water partition coefficient (Wildman–Crippen LogP) is 3.05. The normalized spacial score (nSPS) is 10.6. The van der Waals surface area contributed by atoms with E-state index in [1.807, 2.05) is 38.1 Å². The molecule has 0 fully saturated rings. The first kappa shape index (κ1) is 9.84. The van der Waals surface area contributed by atoms with Gasteiger partial charge in [-0.25, -0.2) is 0 Å². The van der Waals surface area contributed by atoms with Crippen molar-refractivity contribution in [1.82, 2.24) is 4.98 Å². The monoisotopic (exact) mass is 199 g/mol. The summed E-state index contributed by atoms with van der Waals surface area (Å²) in [6, 6.07) is 7.77. The Kier molecular flexibility index (Phi) is 2.27. The van der Waals surface area contributed by atoms with Crippen LogP contribution in [0.5, 0.6) is 0 Å². The number of Topliss-reactive ketones (excluding diaryl/α,β-unsaturated/α-hetero) is 1. The molecule has 2 nitrogen and oxygen atoms in total. The summed E-state index contributed by atoms with van der Waals surface area (Å²) in [5, 5.41) is 1.06. The number of aromatic nitrogens is 1. The summed E-state index contributed by atoms with van der Waals surface area (Å²) in [5.74, 6) is 0.0677. The molecule has 0 aliphatic carbocycles. The van der Waals surface area contributed by atoms with Crippen molar-refractivity contribution >= 4 is 16.7 Å². The number of rotatable bonds is 1. The molecule has 0 atom stereocenters. The Bertz CT molecular complexity index is 543. The maximum Gasteiger partial charge on any atom is 0.161 e. The van der Waals surface area contributed by atoms with Crippen LogP contribution in [-0.2, 0) is 0 Å². The molecule has 76 valence electrons. The lowest BCUT2D eigenvalue weighted by Crippen LogP contribution is -1.97. The van der Waals surface area contributed by atoms with Crippen LogP contribution in [-0.4, -0.2) is 10.8 Å². The summed E-state index contributed by atoms with van der Waals surface area (Å²) < 4.78 is 0. The summed E-state index contributed by atoms with van der Waals surface area (Å²) in [7, 11) is 0. The van der Waals surface area contributed by atoms with E-state index < -0.39 is 0 Å². The van der Waals surface area contributed by atoms with Gasteiger partial charge in [0.15, 0.2) is 5.78 Å². The van der Waals surface area contributed by atoms with Crippen LogP contribution in [0.15, 0.2) is 24.3 Å². The highest BCUT2D eigenvalue weighted by Crippen LogP contribution is 2.21. The lowest BCUT2D eigenvalue weighted by Gasteiger charge is -2.06. The Labute approximate surface area is 89.0 Å². The molecule has 1 aromatic heterocycles. The van der Waals surface area contributed by atoms with Crippen LogP contribution in [0.1, 0.15) is 28.5 Å². The zero-order valence-electron chi connectivity index (χ0n) is 9.16. The summed E-state index contributed by atoms with van der Waals surface area (Å²) in [6.45, 7) is 5.57.